The Hall–Kier alpha value is -1.22. The highest BCUT2D eigenvalue weighted by Crippen LogP contribution is 2.25. The van der Waals surface area contributed by atoms with Crippen LogP contribution in [0.25, 0.3) is 0 Å². The smallest absolute Gasteiger partial charge is 0.240 e. The van der Waals surface area contributed by atoms with E-state index in [1.807, 2.05) is 31.4 Å². The first-order valence-corrected chi connectivity index (χ1v) is 11.0. The summed E-state index contributed by atoms with van der Waals surface area (Å²) < 4.78 is 27.6. The molecule has 2 aromatic rings. The fourth-order valence-electron chi connectivity index (χ4n) is 2.28. The van der Waals surface area contributed by atoms with Gasteiger partial charge in [-0.15, -0.1) is 11.3 Å². The van der Waals surface area contributed by atoms with Gasteiger partial charge in [-0.1, -0.05) is 35.8 Å². The molecule has 136 valence electrons. The van der Waals surface area contributed by atoms with Crippen LogP contribution in [0.15, 0.2) is 51.1 Å². The molecule has 1 amide bonds. The van der Waals surface area contributed by atoms with Crippen LogP contribution in [0.4, 0.5) is 0 Å². The molecule has 25 heavy (non-hydrogen) atoms. The standard InChI is InChI=1S/C17H21BrN2O3S2/c1-12(2)17(15-4-3-11-24-15)20-16(21)9-10-19-25(22,23)14-7-5-13(18)6-8-14/h3-8,11-12,17,19H,9-10H2,1-2H3,(H,20,21)/t17-/m0/s1. The molecule has 2 N–H and O–H groups in total. The first-order chi connectivity index (χ1) is 11.8. The van der Waals surface area contributed by atoms with Crippen LogP contribution in [-0.4, -0.2) is 20.9 Å². The quantitative estimate of drug-likeness (QED) is 0.651. The number of thiophene rings is 1. The van der Waals surface area contributed by atoms with Gasteiger partial charge in [0.25, 0.3) is 0 Å². The third kappa shape index (κ3) is 5.91. The van der Waals surface area contributed by atoms with Crippen molar-refractivity contribution >= 4 is 43.2 Å². The minimum atomic E-state index is -3.61. The summed E-state index contributed by atoms with van der Waals surface area (Å²) in [6.07, 6.45) is 0.0877. The summed E-state index contributed by atoms with van der Waals surface area (Å²) >= 11 is 4.87. The number of nitrogens with one attached hydrogen (secondary N) is 2. The fraction of sp³-hybridized carbons (Fsp3) is 0.353. The van der Waals surface area contributed by atoms with Gasteiger partial charge in [0.15, 0.2) is 0 Å². The lowest BCUT2D eigenvalue weighted by molar-refractivity contribution is -0.122. The van der Waals surface area contributed by atoms with E-state index in [1.54, 1.807) is 23.5 Å². The summed E-state index contributed by atoms with van der Waals surface area (Å²) in [5.74, 6) is 0.0765. The minimum Gasteiger partial charge on any atom is -0.348 e. The second kappa shape index (κ2) is 8.93. The Labute approximate surface area is 161 Å². The average Bonchev–Trinajstić information content (AvgIpc) is 3.06. The van der Waals surface area contributed by atoms with Gasteiger partial charge in [0.05, 0.1) is 10.9 Å². The fourth-order valence-corrected chi connectivity index (χ4v) is 4.52. The van der Waals surface area contributed by atoms with Crippen LogP contribution in [0.3, 0.4) is 0 Å². The number of benzene rings is 1. The van der Waals surface area contributed by atoms with Crippen molar-refractivity contribution in [3.63, 3.8) is 0 Å². The maximum Gasteiger partial charge on any atom is 0.240 e. The zero-order valence-electron chi connectivity index (χ0n) is 14.0. The Morgan fingerprint density at radius 3 is 2.44 bits per heavy atom. The van der Waals surface area contributed by atoms with Gasteiger partial charge in [-0.2, -0.15) is 0 Å². The molecule has 1 heterocycles. The van der Waals surface area contributed by atoms with E-state index in [4.69, 9.17) is 0 Å². The van der Waals surface area contributed by atoms with E-state index in [2.05, 4.69) is 26.0 Å². The van der Waals surface area contributed by atoms with Gasteiger partial charge < -0.3 is 5.32 Å². The lowest BCUT2D eigenvalue weighted by Crippen LogP contribution is -2.34. The topological polar surface area (TPSA) is 75.3 Å². The molecule has 1 atom stereocenters. The van der Waals surface area contributed by atoms with Crippen molar-refractivity contribution in [3.05, 3.63) is 51.1 Å². The number of hydrogen-bond acceptors (Lipinski definition) is 4. The summed E-state index contributed by atoms with van der Waals surface area (Å²) in [7, 11) is -3.61. The number of rotatable bonds is 8. The monoisotopic (exact) mass is 444 g/mol. The number of halogens is 1. The summed E-state index contributed by atoms with van der Waals surface area (Å²) in [6, 6.07) is 10.2. The summed E-state index contributed by atoms with van der Waals surface area (Å²) in [4.78, 5) is 13.4. The van der Waals surface area contributed by atoms with Crippen LogP contribution in [0.2, 0.25) is 0 Å². The molecule has 0 unspecified atom stereocenters. The summed E-state index contributed by atoms with van der Waals surface area (Å²) in [5, 5.41) is 4.96. The maximum atomic E-state index is 12.2. The lowest BCUT2D eigenvalue weighted by atomic mass is 10.0. The van der Waals surface area contributed by atoms with Gasteiger partial charge >= 0.3 is 0 Å². The zero-order chi connectivity index (χ0) is 18.4. The Bertz CT molecular complexity index is 788. The van der Waals surface area contributed by atoms with E-state index in [1.165, 1.54) is 12.1 Å². The predicted octanol–water partition coefficient (Wildman–Crippen LogP) is 3.69. The molecule has 0 aliphatic rings. The van der Waals surface area contributed by atoms with Gasteiger partial charge in [0, 0.05) is 22.3 Å². The summed E-state index contributed by atoms with van der Waals surface area (Å²) in [5.41, 5.74) is 0. The molecule has 0 fully saturated rings. The highest BCUT2D eigenvalue weighted by atomic mass is 79.9. The summed E-state index contributed by atoms with van der Waals surface area (Å²) in [6.45, 7) is 4.14. The van der Waals surface area contributed by atoms with Crippen molar-refractivity contribution in [2.75, 3.05) is 6.54 Å². The van der Waals surface area contributed by atoms with E-state index in [0.29, 0.717) is 0 Å². The molecule has 0 saturated carbocycles. The van der Waals surface area contributed by atoms with Gasteiger partial charge in [-0.25, -0.2) is 13.1 Å². The van der Waals surface area contributed by atoms with E-state index in [9.17, 15) is 13.2 Å². The zero-order valence-corrected chi connectivity index (χ0v) is 17.2. The van der Waals surface area contributed by atoms with Crippen molar-refractivity contribution < 1.29 is 13.2 Å². The van der Waals surface area contributed by atoms with Crippen LogP contribution in [-0.2, 0) is 14.8 Å². The molecule has 8 heteroatoms. The molecular formula is C17H21BrN2O3S2. The van der Waals surface area contributed by atoms with Crippen molar-refractivity contribution in [3.8, 4) is 0 Å². The molecule has 1 aromatic carbocycles. The van der Waals surface area contributed by atoms with Gasteiger partial charge in [0.2, 0.25) is 15.9 Å². The van der Waals surface area contributed by atoms with E-state index in [0.717, 1.165) is 9.35 Å². The van der Waals surface area contributed by atoms with Crippen LogP contribution in [0, 0.1) is 5.92 Å². The molecule has 5 nitrogen and oxygen atoms in total. The number of carbonyl (C=O) groups excluding carboxylic acids is 1. The maximum absolute atomic E-state index is 12.2. The Kier molecular flexibility index (Phi) is 7.18. The number of sulfonamides is 1. The Morgan fingerprint density at radius 2 is 1.88 bits per heavy atom. The third-order valence-corrected chi connectivity index (χ3v) is 6.56. The predicted molar refractivity (Wildman–Crippen MR) is 104 cm³/mol. The van der Waals surface area contributed by atoms with E-state index in [-0.39, 0.29) is 35.7 Å². The first kappa shape index (κ1) is 20.1. The van der Waals surface area contributed by atoms with Gasteiger partial charge in [-0.3, -0.25) is 4.79 Å². The van der Waals surface area contributed by atoms with Crippen LogP contribution < -0.4 is 10.0 Å². The molecule has 2 rings (SSSR count). The van der Waals surface area contributed by atoms with Gasteiger partial charge in [-0.05, 0) is 41.6 Å². The lowest BCUT2D eigenvalue weighted by Gasteiger charge is -2.21. The number of hydrogen-bond donors (Lipinski definition) is 2. The van der Waals surface area contributed by atoms with Crippen LogP contribution in [0.1, 0.15) is 31.2 Å². The van der Waals surface area contributed by atoms with Crippen molar-refractivity contribution in [1.82, 2.24) is 10.0 Å². The van der Waals surface area contributed by atoms with Crippen molar-refractivity contribution in [2.45, 2.75) is 31.2 Å². The normalized spacial score (nSPS) is 13.0. The second-order valence-electron chi connectivity index (χ2n) is 5.91. The Morgan fingerprint density at radius 1 is 1.20 bits per heavy atom. The molecule has 0 saturated heterocycles. The van der Waals surface area contributed by atoms with Gasteiger partial charge in [0.1, 0.15) is 0 Å². The molecule has 0 aliphatic heterocycles. The highest BCUT2D eigenvalue weighted by Gasteiger charge is 2.20. The molecule has 0 radical (unpaired) electrons. The van der Waals surface area contributed by atoms with Crippen LogP contribution in [0.5, 0.6) is 0 Å². The van der Waals surface area contributed by atoms with E-state index >= 15 is 0 Å². The first-order valence-electron chi connectivity index (χ1n) is 7.87. The minimum absolute atomic E-state index is 0.0550. The molecule has 0 aliphatic carbocycles. The average molecular weight is 445 g/mol. The Balaban J connectivity index is 1.88. The highest BCUT2D eigenvalue weighted by molar-refractivity contribution is 9.10. The SMILES string of the molecule is CC(C)[C@H](NC(=O)CCNS(=O)(=O)c1ccc(Br)cc1)c1cccs1. The molecular weight excluding hydrogens is 424 g/mol. The third-order valence-electron chi connectivity index (χ3n) is 3.60. The molecule has 1 aromatic heterocycles. The largest absolute Gasteiger partial charge is 0.348 e. The van der Waals surface area contributed by atoms with Crippen molar-refractivity contribution in [2.24, 2.45) is 5.92 Å². The van der Waals surface area contributed by atoms with E-state index < -0.39 is 10.0 Å². The van der Waals surface area contributed by atoms with Crippen molar-refractivity contribution in [1.29, 1.82) is 0 Å². The van der Waals surface area contributed by atoms with Crippen LogP contribution >= 0.6 is 27.3 Å². The second-order valence-corrected chi connectivity index (χ2v) is 9.57. The number of amides is 1. The number of carbonyl (C=O) groups is 1. The molecule has 0 bridgehead atoms. The molecule has 0 spiro atoms.